The molecule has 0 spiro atoms. The van der Waals surface area contributed by atoms with Crippen LogP contribution in [0.4, 0.5) is 26.3 Å². The minimum atomic E-state index is -5.57. The quantitative estimate of drug-likeness (QED) is 0.575. The van der Waals surface area contributed by atoms with Crippen molar-refractivity contribution in [3.63, 3.8) is 0 Å². The summed E-state index contributed by atoms with van der Waals surface area (Å²) in [6, 6.07) is 0. The van der Waals surface area contributed by atoms with Gasteiger partial charge in [0.15, 0.2) is 0 Å². The topological polar surface area (TPSA) is 20.2 Å². The standard InChI is InChI=1S/C4H4F6OS/c1-2(5,6)3(7,8)4(9,10)12-11/h11H,1H3. The average Bonchev–Trinajstić information content (AvgIpc) is 1.85. The molecule has 0 heterocycles. The third-order valence-electron chi connectivity index (χ3n) is 1.03. The molecule has 0 amide bonds. The highest BCUT2D eigenvalue weighted by atomic mass is 32.2. The van der Waals surface area contributed by atoms with Gasteiger partial charge in [0.25, 0.3) is 0 Å². The van der Waals surface area contributed by atoms with Crippen LogP contribution in [0.15, 0.2) is 0 Å². The van der Waals surface area contributed by atoms with E-state index in [9.17, 15) is 26.3 Å². The Morgan fingerprint density at radius 3 is 1.42 bits per heavy atom. The molecule has 0 unspecified atom stereocenters. The Bertz CT molecular complexity index is 163. The molecular weight excluding hydrogens is 210 g/mol. The second-order valence-corrected chi connectivity index (χ2v) is 2.77. The molecule has 0 aliphatic rings. The van der Waals surface area contributed by atoms with E-state index in [-0.39, 0.29) is 6.92 Å². The molecule has 0 aromatic heterocycles. The third kappa shape index (κ3) is 1.79. The van der Waals surface area contributed by atoms with Gasteiger partial charge in [-0.25, -0.2) is 0 Å². The van der Waals surface area contributed by atoms with Gasteiger partial charge in [-0.2, -0.15) is 26.3 Å². The normalized spacial score (nSPS) is 15.0. The molecule has 0 fully saturated rings. The Kier molecular flexibility index (Phi) is 2.96. The molecular formula is C4H4F6OS. The maximum Gasteiger partial charge on any atom is 0.386 e. The fourth-order valence-electron chi connectivity index (χ4n) is 0.313. The highest BCUT2D eigenvalue weighted by Crippen LogP contribution is 2.49. The van der Waals surface area contributed by atoms with Gasteiger partial charge in [-0.05, 0) is 0 Å². The first-order chi connectivity index (χ1) is 5.06. The highest BCUT2D eigenvalue weighted by molar-refractivity contribution is 7.94. The van der Waals surface area contributed by atoms with Crippen LogP contribution >= 0.6 is 12.0 Å². The number of halogens is 6. The summed E-state index contributed by atoms with van der Waals surface area (Å²) in [6.07, 6.45) is 0. The van der Waals surface area contributed by atoms with Crippen LogP contribution in [0.2, 0.25) is 0 Å². The lowest BCUT2D eigenvalue weighted by Crippen LogP contribution is -2.50. The maximum atomic E-state index is 12.0. The van der Waals surface area contributed by atoms with E-state index in [0.29, 0.717) is 0 Å². The van der Waals surface area contributed by atoms with Crippen molar-refractivity contribution in [2.24, 2.45) is 0 Å². The Labute approximate surface area is 68.0 Å². The monoisotopic (exact) mass is 214 g/mol. The number of alkyl halides is 6. The first-order valence-corrected chi connectivity index (χ1v) is 3.29. The van der Waals surface area contributed by atoms with Crippen LogP contribution in [0.5, 0.6) is 0 Å². The molecule has 0 saturated heterocycles. The SMILES string of the molecule is CC(F)(F)C(F)(F)C(F)(F)SO. The first-order valence-electron chi connectivity index (χ1n) is 2.52. The molecule has 0 aromatic rings. The van der Waals surface area contributed by atoms with Gasteiger partial charge in [0.2, 0.25) is 0 Å². The van der Waals surface area contributed by atoms with Gasteiger partial charge in [0, 0.05) is 6.92 Å². The minimum Gasteiger partial charge on any atom is -0.325 e. The van der Waals surface area contributed by atoms with Crippen LogP contribution < -0.4 is 0 Å². The van der Waals surface area contributed by atoms with Gasteiger partial charge in [0.1, 0.15) is 0 Å². The smallest absolute Gasteiger partial charge is 0.325 e. The van der Waals surface area contributed by atoms with E-state index in [0.717, 1.165) is 0 Å². The lowest BCUT2D eigenvalue weighted by Gasteiger charge is -2.28. The van der Waals surface area contributed by atoms with Crippen molar-refractivity contribution < 1.29 is 30.9 Å². The largest absolute Gasteiger partial charge is 0.386 e. The Morgan fingerprint density at radius 1 is 1.00 bits per heavy atom. The van der Waals surface area contributed by atoms with E-state index in [2.05, 4.69) is 0 Å². The average molecular weight is 214 g/mol. The molecule has 0 aliphatic carbocycles. The van der Waals surface area contributed by atoms with Crippen LogP contribution in [0, 0.1) is 0 Å². The summed E-state index contributed by atoms with van der Waals surface area (Å²) in [4.78, 5) is 0. The van der Waals surface area contributed by atoms with E-state index in [1.165, 1.54) is 0 Å². The van der Waals surface area contributed by atoms with Crippen LogP contribution in [0.25, 0.3) is 0 Å². The Balaban J connectivity index is 4.85. The van der Waals surface area contributed by atoms with Crippen molar-refractivity contribution in [3.8, 4) is 0 Å². The van der Waals surface area contributed by atoms with Crippen molar-refractivity contribution in [2.75, 3.05) is 0 Å². The highest BCUT2D eigenvalue weighted by Gasteiger charge is 2.70. The molecule has 0 bridgehead atoms. The predicted molar refractivity (Wildman–Crippen MR) is 30.7 cm³/mol. The molecule has 0 radical (unpaired) electrons. The first kappa shape index (κ1) is 11.9. The lowest BCUT2D eigenvalue weighted by atomic mass is 10.2. The Hall–Kier alpha value is -0.110. The fourth-order valence-corrected chi connectivity index (χ4v) is 0.607. The van der Waals surface area contributed by atoms with Crippen molar-refractivity contribution in [3.05, 3.63) is 0 Å². The Morgan fingerprint density at radius 2 is 1.33 bits per heavy atom. The van der Waals surface area contributed by atoms with Crippen LogP contribution in [-0.4, -0.2) is 21.7 Å². The van der Waals surface area contributed by atoms with Gasteiger partial charge in [-0.15, -0.1) is 0 Å². The van der Waals surface area contributed by atoms with Gasteiger partial charge in [-0.3, -0.25) is 0 Å². The van der Waals surface area contributed by atoms with Crippen molar-refractivity contribution in [1.29, 1.82) is 0 Å². The molecule has 0 saturated carbocycles. The zero-order valence-electron chi connectivity index (χ0n) is 5.62. The second kappa shape index (κ2) is 2.99. The van der Waals surface area contributed by atoms with Crippen LogP contribution in [0.3, 0.4) is 0 Å². The molecule has 0 rings (SSSR count). The molecule has 1 N–H and O–H groups in total. The van der Waals surface area contributed by atoms with E-state index >= 15 is 0 Å². The van der Waals surface area contributed by atoms with Gasteiger partial charge >= 0.3 is 17.1 Å². The molecule has 0 atom stereocenters. The zero-order valence-corrected chi connectivity index (χ0v) is 6.44. The van der Waals surface area contributed by atoms with Crippen LogP contribution in [0.1, 0.15) is 6.92 Å². The van der Waals surface area contributed by atoms with E-state index in [1.807, 2.05) is 0 Å². The van der Waals surface area contributed by atoms with E-state index < -0.39 is 29.1 Å². The molecule has 8 heteroatoms. The molecule has 74 valence electrons. The van der Waals surface area contributed by atoms with Gasteiger partial charge in [0.05, 0.1) is 12.0 Å². The summed E-state index contributed by atoms with van der Waals surface area (Å²) in [5, 5.41) is -5.19. The van der Waals surface area contributed by atoms with Crippen molar-refractivity contribution in [2.45, 2.75) is 24.0 Å². The summed E-state index contributed by atoms with van der Waals surface area (Å²) in [5.74, 6) is -10.5. The summed E-state index contributed by atoms with van der Waals surface area (Å²) in [7, 11) is 0. The molecule has 0 aromatic carbocycles. The predicted octanol–water partition coefficient (Wildman–Crippen LogP) is 3.08. The molecule has 1 nitrogen and oxygen atoms in total. The van der Waals surface area contributed by atoms with Crippen molar-refractivity contribution in [1.82, 2.24) is 0 Å². The number of rotatable bonds is 3. The maximum absolute atomic E-state index is 12.0. The number of hydrogen-bond donors (Lipinski definition) is 1. The third-order valence-corrected chi connectivity index (χ3v) is 1.52. The number of hydrogen-bond acceptors (Lipinski definition) is 2. The van der Waals surface area contributed by atoms with E-state index in [4.69, 9.17) is 4.55 Å². The summed E-state index contributed by atoms with van der Waals surface area (Å²) < 4.78 is 79.2. The molecule has 0 aliphatic heterocycles. The summed E-state index contributed by atoms with van der Waals surface area (Å²) in [6.45, 7) is -0.350. The van der Waals surface area contributed by atoms with Crippen LogP contribution in [-0.2, 0) is 0 Å². The molecule has 12 heavy (non-hydrogen) atoms. The fraction of sp³-hybridized carbons (Fsp3) is 1.00. The summed E-state index contributed by atoms with van der Waals surface area (Å²) in [5.41, 5.74) is 0. The summed E-state index contributed by atoms with van der Waals surface area (Å²) >= 11 is -1.60. The minimum absolute atomic E-state index is 0.350. The lowest BCUT2D eigenvalue weighted by molar-refractivity contribution is -0.269. The van der Waals surface area contributed by atoms with Gasteiger partial charge < -0.3 is 4.55 Å². The zero-order chi connectivity index (χ0) is 10.2. The van der Waals surface area contributed by atoms with E-state index in [1.54, 1.807) is 0 Å². The van der Waals surface area contributed by atoms with Gasteiger partial charge in [-0.1, -0.05) is 0 Å². The van der Waals surface area contributed by atoms with Crippen molar-refractivity contribution >= 4 is 12.0 Å². The second-order valence-electron chi connectivity index (χ2n) is 2.07.